The highest BCUT2D eigenvalue weighted by Gasteiger charge is 2.32. The number of alkyl halides is 3. The monoisotopic (exact) mass is 499 g/mol. The molecule has 2 aromatic carbocycles. The Morgan fingerprint density at radius 3 is 2.15 bits per heavy atom. The van der Waals surface area contributed by atoms with Crippen molar-refractivity contribution < 1.29 is 35.9 Å². The number of rotatable bonds is 6. The smallest absolute Gasteiger partial charge is 0.406 e. The van der Waals surface area contributed by atoms with Gasteiger partial charge < -0.3 is 15.0 Å². The number of ether oxygens (including phenoxy) is 1. The largest absolute Gasteiger partial charge is 0.573 e. The first kappa shape index (κ1) is 25.5. The zero-order chi connectivity index (χ0) is 25.1. The first-order valence-electron chi connectivity index (χ1n) is 10.4. The summed E-state index contributed by atoms with van der Waals surface area (Å²) in [5.41, 5.74) is 2.45. The number of piperazine rings is 1. The second-order valence-electron chi connectivity index (χ2n) is 7.79. The lowest BCUT2D eigenvalue weighted by Gasteiger charge is -2.34. The van der Waals surface area contributed by atoms with E-state index in [0.717, 1.165) is 39.7 Å². The third kappa shape index (κ3) is 6.26. The minimum Gasteiger partial charge on any atom is -0.406 e. The zero-order valence-electron chi connectivity index (χ0n) is 18.6. The summed E-state index contributed by atoms with van der Waals surface area (Å²) >= 11 is 0. The molecule has 0 atom stereocenters. The summed E-state index contributed by atoms with van der Waals surface area (Å²) in [5, 5.41) is 2.58. The SMILES string of the molecule is Cc1ccc(C(=O)NCC(=O)N2CCN(S(=O)(=O)c3ccc(OC(F)(F)F)cc3)CC2)cc1C. The van der Waals surface area contributed by atoms with Gasteiger partial charge in [0.1, 0.15) is 5.75 Å². The molecule has 2 aromatic rings. The predicted molar refractivity (Wildman–Crippen MR) is 117 cm³/mol. The molecule has 0 saturated carbocycles. The van der Waals surface area contributed by atoms with Crippen molar-refractivity contribution in [2.24, 2.45) is 0 Å². The Labute approximate surface area is 195 Å². The summed E-state index contributed by atoms with van der Waals surface area (Å²) in [5.74, 6) is -1.25. The van der Waals surface area contributed by atoms with Crippen LogP contribution in [0.5, 0.6) is 5.75 Å². The van der Waals surface area contributed by atoms with Crippen LogP contribution < -0.4 is 10.1 Å². The molecule has 1 saturated heterocycles. The molecule has 1 fully saturated rings. The first-order chi connectivity index (χ1) is 15.9. The molecule has 184 valence electrons. The van der Waals surface area contributed by atoms with Crippen molar-refractivity contribution in [2.45, 2.75) is 25.1 Å². The maximum Gasteiger partial charge on any atom is 0.573 e. The van der Waals surface area contributed by atoms with Crippen LogP contribution in [0, 0.1) is 13.8 Å². The Bertz CT molecular complexity index is 1160. The first-order valence-corrected chi connectivity index (χ1v) is 11.8. The fraction of sp³-hybridized carbons (Fsp3) is 0.364. The van der Waals surface area contributed by atoms with E-state index < -0.39 is 22.1 Å². The van der Waals surface area contributed by atoms with Crippen molar-refractivity contribution in [3.63, 3.8) is 0 Å². The lowest BCUT2D eigenvalue weighted by Crippen LogP contribution is -2.52. The summed E-state index contributed by atoms with van der Waals surface area (Å²) in [7, 11) is -3.95. The topological polar surface area (TPSA) is 96.0 Å². The third-order valence-electron chi connectivity index (χ3n) is 5.46. The molecule has 34 heavy (non-hydrogen) atoms. The van der Waals surface area contributed by atoms with Crippen molar-refractivity contribution in [1.29, 1.82) is 0 Å². The maximum absolute atomic E-state index is 12.8. The van der Waals surface area contributed by atoms with Gasteiger partial charge in [-0.3, -0.25) is 9.59 Å². The molecule has 0 unspecified atom stereocenters. The van der Waals surface area contributed by atoms with Crippen LogP contribution in [0.4, 0.5) is 13.2 Å². The Balaban J connectivity index is 1.53. The number of halogens is 3. The molecule has 1 heterocycles. The van der Waals surface area contributed by atoms with Gasteiger partial charge in [-0.25, -0.2) is 8.42 Å². The minimum absolute atomic E-state index is 0.0139. The molecule has 12 heteroatoms. The third-order valence-corrected chi connectivity index (χ3v) is 7.37. The number of nitrogens with one attached hydrogen (secondary N) is 1. The molecule has 1 aliphatic heterocycles. The molecular weight excluding hydrogens is 475 g/mol. The van der Waals surface area contributed by atoms with E-state index in [2.05, 4.69) is 10.1 Å². The lowest BCUT2D eigenvalue weighted by molar-refractivity contribution is -0.274. The number of aryl methyl sites for hydroxylation is 2. The molecule has 0 aliphatic carbocycles. The number of hydrogen-bond acceptors (Lipinski definition) is 5. The quantitative estimate of drug-likeness (QED) is 0.659. The highest BCUT2D eigenvalue weighted by molar-refractivity contribution is 7.89. The van der Waals surface area contributed by atoms with E-state index in [0.29, 0.717) is 5.56 Å². The number of sulfonamides is 1. The number of benzene rings is 2. The Morgan fingerprint density at radius 2 is 1.59 bits per heavy atom. The second-order valence-corrected chi connectivity index (χ2v) is 9.72. The maximum atomic E-state index is 12.8. The number of nitrogens with zero attached hydrogens (tertiary/aromatic N) is 2. The van der Waals surface area contributed by atoms with E-state index in [4.69, 9.17) is 0 Å². The molecule has 1 aliphatic rings. The van der Waals surface area contributed by atoms with E-state index in [1.54, 1.807) is 12.1 Å². The van der Waals surface area contributed by atoms with E-state index in [9.17, 15) is 31.2 Å². The summed E-state index contributed by atoms with van der Waals surface area (Å²) in [6.45, 7) is 3.85. The molecule has 8 nitrogen and oxygen atoms in total. The molecule has 1 N–H and O–H groups in total. The van der Waals surface area contributed by atoms with Crippen LogP contribution in [0.3, 0.4) is 0 Å². The summed E-state index contributed by atoms with van der Waals surface area (Å²) < 4.78 is 67.3. The number of hydrogen-bond donors (Lipinski definition) is 1. The van der Waals surface area contributed by atoms with Gasteiger partial charge >= 0.3 is 6.36 Å². The molecule has 3 rings (SSSR count). The molecular formula is C22H24F3N3O5S. The summed E-state index contributed by atoms with van der Waals surface area (Å²) in [6, 6.07) is 9.17. The fourth-order valence-corrected chi connectivity index (χ4v) is 4.81. The van der Waals surface area contributed by atoms with Crippen molar-refractivity contribution in [1.82, 2.24) is 14.5 Å². The average Bonchev–Trinajstić information content (AvgIpc) is 2.78. The van der Waals surface area contributed by atoms with E-state index in [1.165, 1.54) is 4.90 Å². The van der Waals surface area contributed by atoms with E-state index in [1.807, 2.05) is 19.9 Å². The van der Waals surface area contributed by atoms with Gasteiger partial charge in [-0.1, -0.05) is 6.07 Å². The van der Waals surface area contributed by atoms with Crippen LogP contribution in [-0.4, -0.2) is 68.5 Å². The minimum atomic E-state index is -4.87. The summed E-state index contributed by atoms with van der Waals surface area (Å²) in [6.07, 6.45) is -4.87. The standard InChI is InChI=1S/C22H24F3N3O5S/c1-15-3-4-17(13-16(15)2)21(30)26-14-20(29)27-9-11-28(12-10-27)34(31,32)19-7-5-18(6-8-19)33-22(23,24)25/h3-8,13H,9-12,14H2,1-2H3,(H,26,30). The highest BCUT2D eigenvalue weighted by Crippen LogP contribution is 2.25. The van der Waals surface area contributed by atoms with Crippen molar-refractivity contribution in [2.75, 3.05) is 32.7 Å². The van der Waals surface area contributed by atoms with Gasteiger partial charge in [-0.2, -0.15) is 4.31 Å². The van der Waals surface area contributed by atoms with E-state index in [-0.39, 0.29) is 49.4 Å². The molecule has 0 radical (unpaired) electrons. The molecule has 0 aromatic heterocycles. The van der Waals surface area contributed by atoms with Crippen molar-refractivity contribution in [3.8, 4) is 5.75 Å². The average molecular weight is 500 g/mol. The van der Waals surface area contributed by atoms with Gasteiger partial charge in [0.25, 0.3) is 5.91 Å². The fourth-order valence-electron chi connectivity index (χ4n) is 3.39. The van der Waals surface area contributed by atoms with Crippen LogP contribution in [0.1, 0.15) is 21.5 Å². The van der Waals surface area contributed by atoms with Crippen molar-refractivity contribution >= 4 is 21.8 Å². The highest BCUT2D eigenvalue weighted by atomic mass is 32.2. The molecule has 2 amide bonds. The van der Waals surface area contributed by atoms with Gasteiger partial charge in [-0.05, 0) is 61.4 Å². The lowest BCUT2D eigenvalue weighted by atomic mass is 10.1. The van der Waals surface area contributed by atoms with Crippen LogP contribution in [0.25, 0.3) is 0 Å². The van der Waals surface area contributed by atoms with Gasteiger partial charge in [0.2, 0.25) is 15.9 Å². The van der Waals surface area contributed by atoms with Gasteiger partial charge in [0.15, 0.2) is 0 Å². The predicted octanol–water partition coefficient (Wildman–Crippen LogP) is 2.46. The number of carbonyl (C=O) groups is 2. The Kier molecular flexibility index (Phi) is 7.51. The van der Waals surface area contributed by atoms with Crippen LogP contribution in [0.15, 0.2) is 47.4 Å². The van der Waals surface area contributed by atoms with Gasteiger partial charge in [-0.15, -0.1) is 13.2 Å². The second kappa shape index (κ2) is 10.0. The van der Waals surface area contributed by atoms with Crippen LogP contribution in [0.2, 0.25) is 0 Å². The van der Waals surface area contributed by atoms with Crippen molar-refractivity contribution in [3.05, 3.63) is 59.2 Å². The zero-order valence-corrected chi connectivity index (χ0v) is 19.4. The normalized spacial score (nSPS) is 15.1. The van der Waals surface area contributed by atoms with Crippen LogP contribution in [-0.2, 0) is 14.8 Å². The Morgan fingerprint density at radius 1 is 0.971 bits per heavy atom. The van der Waals surface area contributed by atoms with Crippen LogP contribution >= 0.6 is 0 Å². The summed E-state index contributed by atoms with van der Waals surface area (Å²) in [4.78, 5) is 26.0. The van der Waals surface area contributed by atoms with Gasteiger partial charge in [0.05, 0.1) is 11.4 Å². The number of carbonyl (C=O) groups excluding carboxylic acids is 2. The molecule has 0 bridgehead atoms. The van der Waals surface area contributed by atoms with Gasteiger partial charge in [0, 0.05) is 31.7 Å². The number of amides is 2. The Hall–Kier alpha value is -3.12. The van der Waals surface area contributed by atoms with E-state index >= 15 is 0 Å². The molecule has 0 spiro atoms.